The van der Waals surface area contributed by atoms with Gasteiger partial charge in [0.15, 0.2) is 5.17 Å². The Morgan fingerprint density at radius 1 is 1.23 bits per heavy atom. The Labute approximate surface area is 159 Å². The number of fused-ring (bicyclic) bond motifs is 1. The Bertz CT molecular complexity index is 764. The Morgan fingerprint density at radius 2 is 1.92 bits per heavy atom. The lowest BCUT2D eigenvalue weighted by molar-refractivity contribution is -0.139. The predicted molar refractivity (Wildman–Crippen MR) is 108 cm³/mol. The molecule has 0 radical (unpaired) electrons. The molecule has 0 bridgehead atoms. The number of esters is 1. The first-order valence-electron chi connectivity index (χ1n) is 9.03. The van der Waals surface area contributed by atoms with Crippen molar-refractivity contribution in [3.63, 3.8) is 0 Å². The molecule has 0 fully saturated rings. The van der Waals surface area contributed by atoms with Crippen LogP contribution in [0, 0.1) is 0 Å². The molecule has 26 heavy (non-hydrogen) atoms. The molecule has 0 aromatic heterocycles. The van der Waals surface area contributed by atoms with Crippen LogP contribution in [0.5, 0.6) is 0 Å². The van der Waals surface area contributed by atoms with E-state index in [0.29, 0.717) is 12.2 Å². The summed E-state index contributed by atoms with van der Waals surface area (Å²) >= 11 is 1.57. The summed E-state index contributed by atoms with van der Waals surface area (Å²) in [5, 5.41) is 2.89. The van der Waals surface area contributed by atoms with Crippen LogP contribution in [0.25, 0.3) is 0 Å². The largest absolute Gasteiger partial charge is 0.463 e. The molecular formula is C20H25N3O2S. The molecule has 1 aromatic carbocycles. The maximum Gasteiger partial charge on any atom is 0.338 e. The topological polar surface area (TPSA) is 45.1 Å². The standard InChI is InChI=1S/C20H25N3O2S/c1-5-22(6-2)16-10-8-15(9-11-16)18-17(19(24)25-7-3)14(4)21-20-23(18)12-13-26-20/h8-13,18H,5-7H2,1-4H3/t18-/m1/s1. The number of amidine groups is 1. The molecule has 0 saturated heterocycles. The fourth-order valence-corrected chi connectivity index (χ4v) is 4.15. The van der Waals surface area contributed by atoms with Crippen molar-refractivity contribution in [2.24, 2.45) is 4.99 Å². The zero-order chi connectivity index (χ0) is 18.7. The third kappa shape index (κ3) is 3.38. The first-order valence-corrected chi connectivity index (χ1v) is 9.91. The van der Waals surface area contributed by atoms with Crippen LogP contribution in [0.15, 0.2) is 52.1 Å². The number of aliphatic imine (C=N–C) groups is 1. The number of allylic oxidation sites excluding steroid dienone is 1. The van der Waals surface area contributed by atoms with E-state index in [-0.39, 0.29) is 12.0 Å². The van der Waals surface area contributed by atoms with Gasteiger partial charge in [-0.1, -0.05) is 23.9 Å². The molecule has 2 heterocycles. The van der Waals surface area contributed by atoms with Crippen molar-refractivity contribution in [2.45, 2.75) is 33.7 Å². The van der Waals surface area contributed by atoms with Crippen molar-refractivity contribution in [2.75, 3.05) is 24.6 Å². The summed E-state index contributed by atoms with van der Waals surface area (Å²) < 4.78 is 5.32. The number of anilines is 1. The number of benzene rings is 1. The molecule has 0 unspecified atom stereocenters. The number of hydrogen-bond donors (Lipinski definition) is 0. The van der Waals surface area contributed by atoms with E-state index in [2.05, 4.69) is 52.9 Å². The van der Waals surface area contributed by atoms with Crippen LogP contribution in [-0.2, 0) is 9.53 Å². The molecule has 0 spiro atoms. The second-order valence-electron chi connectivity index (χ2n) is 6.09. The summed E-state index contributed by atoms with van der Waals surface area (Å²) in [6.45, 7) is 10.3. The van der Waals surface area contributed by atoms with Gasteiger partial charge >= 0.3 is 5.97 Å². The normalized spacial score (nSPS) is 18.7. The van der Waals surface area contributed by atoms with Crippen LogP contribution < -0.4 is 4.90 Å². The molecule has 0 saturated carbocycles. The van der Waals surface area contributed by atoms with E-state index >= 15 is 0 Å². The van der Waals surface area contributed by atoms with Crippen molar-refractivity contribution in [3.05, 3.63) is 52.7 Å². The first kappa shape index (κ1) is 18.6. The van der Waals surface area contributed by atoms with Gasteiger partial charge < -0.3 is 14.5 Å². The molecule has 1 atom stereocenters. The third-order valence-electron chi connectivity index (χ3n) is 4.65. The Morgan fingerprint density at radius 3 is 2.54 bits per heavy atom. The van der Waals surface area contributed by atoms with Gasteiger partial charge in [-0.3, -0.25) is 0 Å². The second kappa shape index (κ2) is 7.99. The van der Waals surface area contributed by atoms with E-state index in [1.165, 1.54) is 5.69 Å². The average molecular weight is 372 g/mol. The number of carbonyl (C=O) groups excluding carboxylic acids is 1. The van der Waals surface area contributed by atoms with Gasteiger partial charge in [-0.25, -0.2) is 9.79 Å². The van der Waals surface area contributed by atoms with E-state index < -0.39 is 0 Å². The molecule has 1 aromatic rings. The Balaban J connectivity index is 2.00. The average Bonchev–Trinajstić information content (AvgIpc) is 3.10. The Hall–Kier alpha value is -2.21. The highest BCUT2D eigenvalue weighted by Gasteiger charge is 2.37. The quantitative estimate of drug-likeness (QED) is 0.698. The Kier molecular flexibility index (Phi) is 5.71. The molecule has 0 amide bonds. The van der Waals surface area contributed by atoms with Gasteiger partial charge in [0.1, 0.15) is 0 Å². The monoisotopic (exact) mass is 371 g/mol. The van der Waals surface area contributed by atoms with Crippen molar-refractivity contribution < 1.29 is 9.53 Å². The van der Waals surface area contributed by atoms with E-state index in [0.717, 1.165) is 29.5 Å². The number of hydrogen-bond acceptors (Lipinski definition) is 6. The minimum Gasteiger partial charge on any atom is -0.463 e. The summed E-state index contributed by atoms with van der Waals surface area (Å²) in [4.78, 5) is 21.6. The van der Waals surface area contributed by atoms with E-state index in [1.807, 2.05) is 25.5 Å². The molecule has 2 aliphatic heterocycles. The summed E-state index contributed by atoms with van der Waals surface area (Å²) in [7, 11) is 0. The lowest BCUT2D eigenvalue weighted by Gasteiger charge is -2.33. The maximum absolute atomic E-state index is 12.6. The van der Waals surface area contributed by atoms with Gasteiger partial charge in [-0.15, -0.1) is 0 Å². The fraction of sp³-hybridized carbons (Fsp3) is 0.400. The van der Waals surface area contributed by atoms with Crippen LogP contribution in [0.1, 0.15) is 39.3 Å². The van der Waals surface area contributed by atoms with Gasteiger partial charge in [0, 0.05) is 25.0 Å². The minimum atomic E-state index is -0.295. The zero-order valence-electron chi connectivity index (χ0n) is 15.7. The molecule has 2 aliphatic rings. The minimum absolute atomic E-state index is 0.210. The molecule has 6 heteroatoms. The summed E-state index contributed by atoms with van der Waals surface area (Å²) in [5.74, 6) is -0.295. The highest BCUT2D eigenvalue weighted by molar-refractivity contribution is 8.16. The van der Waals surface area contributed by atoms with Crippen LogP contribution in [-0.4, -0.2) is 35.7 Å². The third-order valence-corrected chi connectivity index (χ3v) is 5.42. The van der Waals surface area contributed by atoms with Gasteiger partial charge in [0.05, 0.1) is 23.9 Å². The molecule has 0 aliphatic carbocycles. The van der Waals surface area contributed by atoms with Gasteiger partial charge in [0.2, 0.25) is 0 Å². The number of ether oxygens (including phenoxy) is 1. The number of rotatable bonds is 6. The lowest BCUT2D eigenvalue weighted by atomic mass is 9.94. The van der Waals surface area contributed by atoms with Crippen molar-refractivity contribution in [1.82, 2.24) is 4.90 Å². The van der Waals surface area contributed by atoms with Crippen molar-refractivity contribution in [3.8, 4) is 0 Å². The number of carbonyl (C=O) groups is 1. The first-order chi connectivity index (χ1) is 12.6. The van der Waals surface area contributed by atoms with Crippen molar-refractivity contribution in [1.29, 1.82) is 0 Å². The van der Waals surface area contributed by atoms with Crippen LogP contribution in [0.4, 0.5) is 5.69 Å². The molecule has 3 rings (SSSR count). The second-order valence-corrected chi connectivity index (χ2v) is 6.96. The van der Waals surface area contributed by atoms with Crippen LogP contribution in [0.3, 0.4) is 0 Å². The molecule has 5 nitrogen and oxygen atoms in total. The van der Waals surface area contributed by atoms with Gasteiger partial charge in [-0.05, 0) is 50.8 Å². The lowest BCUT2D eigenvalue weighted by Crippen LogP contribution is -2.34. The summed E-state index contributed by atoms with van der Waals surface area (Å²) in [6.07, 6.45) is 1.98. The van der Waals surface area contributed by atoms with E-state index in [1.54, 1.807) is 11.8 Å². The van der Waals surface area contributed by atoms with Gasteiger partial charge in [0.25, 0.3) is 0 Å². The van der Waals surface area contributed by atoms with Crippen molar-refractivity contribution >= 4 is 28.6 Å². The van der Waals surface area contributed by atoms with Crippen LogP contribution in [0.2, 0.25) is 0 Å². The molecular weight excluding hydrogens is 346 g/mol. The summed E-state index contributed by atoms with van der Waals surface area (Å²) in [5.41, 5.74) is 3.58. The maximum atomic E-state index is 12.6. The van der Waals surface area contributed by atoms with E-state index in [4.69, 9.17) is 4.74 Å². The number of thioether (sulfide) groups is 1. The predicted octanol–water partition coefficient (Wildman–Crippen LogP) is 4.30. The smallest absolute Gasteiger partial charge is 0.338 e. The molecule has 0 N–H and O–H groups in total. The highest BCUT2D eigenvalue weighted by Crippen LogP contribution is 2.41. The molecule has 138 valence electrons. The SMILES string of the molecule is CCOC(=O)C1=C(C)N=C2SC=CN2[C@@H]1c1ccc(N(CC)CC)cc1. The van der Waals surface area contributed by atoms with Crippen LogP contribution >= 0.6 is 11.8 Å². The van der Waals surface area contributed by atoms with Gasteiger partial charge in [-0.2, -0.15) is 0 Å². The van der Waals surface area contributed by atoms with E-state index in [9.17, 15) is 4.79 Å². The zero-order valence-corrected chi connectivity index (χ0v) is 16.5. The number of nitrogens with zero attached hydrogens (tertiary/aromatic N) is 3. The fourth-order valence-electron chi connectivity index (χ4n) is 3.35. The summed E-state index contributed by atoms with van der Waals surface area (Å²) in [6, 6.07) is 8.24. The highest BCUT2D eigenvalue weighted by atomic mass is 32.2.